The summed E-state index contributed by atoms with van der Waals surface area (Å²) in [6, 6.07) is 9.30. The van der Waals surface area contributed by atoms with Gasteiger partial charge in [0.2, 0.25) is 0 Å². The second-order valence-corrected chi connectivity index (χ2v) is 6.96. The van der Waals surface area contributed by atoms with Crippen molar-refractivity contribution in [3.05, 3.63) is 52.9 Å². The number of phenolic OH excluding ortho intramolecular Hbond substituents is 1. The molecule has 0 aliphatic carbocycles. The van der Waals surface area contributed by atoms with E-state index < -0.39 is 12.4 Å². The molecule has 1 aliphatic heterocycles. The number of hydrogen-bond donors (Lipinski definition) is 2. The molecule has 3 heterocycles. The predicted molar refractivity (Wildman–Crippen MR) is 105 cm³/mol. The van der Waals surface area contributed by atoms with Gasteiger partial charge in [0, 0.05) is 43.5 Å². The molecule has 1 fully saturated rings. The third kappa shape index (κ3) is 4.00. The number of rotatable bonds is 4. The minimum absolute atomic E-state index is 0.292. The third-order valence-corrected chi connectivity index (χ3v) is 4.85. The summed E-state index contributed by atoms with van der Waals surface area (Å²) in [5.41, 5.74) is 1.76. The van der Waals surface area contributed by atoms with Crippen molar-refractivity contribution in [3.63, 3.8) is 0 Å². The molecule has 0 spiro atoms. The number of halogens is 2. The fourth-order valence-electron chi connectivity index (χ4n) is 3.46. The first kappa shape index (κ1) is 19.1. The van der Waals surface area contributed by atoms with Gasteiger partial charge < -0.3 is 20.1 Å². The molecule has 7 nitrogen and oxygen atoms in total. The van der Waals surface area contributed by atoms with E-state index in [1.165, 1.54) is 28.7 Å². The molecule has 0 bridgehead atoms. The molecule has 1 aliphatic rings. The second kappa shape index (κ2) is 7.67. The van der Waals surface area contributed by atoms with Crippen LogP contribution in [0.15, 0.2) is 47.4 Å². The molecular formula is C20H20F2N4O3. The van der Waals surface area contributed by atoms with Gasteiger partial charge in [-0.15, -0.1) is 0 Å². The van der Waals surface area contributed by atoms with Crippen molar-refractivity contribution >= 4 is 11.3 Å². The lowest BCUT2D eigenvalue weighted by atomic mass is 10.1. The fraction of sp³-hybridized carbons (Fsp3) is 0.300. The summed E-state index contributed by atoms with van der Waals surface area (Å²) in [4.78, 5) is 19.4. The molecule has 1 unspecified atom stereocenters. The highest BCUT2D eigenvalue weighted by Gasteiger charge is 2.17. The Balaban J connectivity index is 1.71. The summed E-state index contributed by atoms with van der Waals surface area (Å²) in [6.45, 7) is 1.59. The van der Waals surface area contributed by atoms with Crippen molar-refractivity contribution in [2.45, 2.75) is 19.6 Å². The van der Waals surface area contributed by atoms with E-state index in [-0.39, 0.29) is 11.3 Å². The van der Waals surface area contributed by atoms with E-state index in [2.05, 4.69) is 26.9 Å². The maximum Gasteiger partial charge on any atom is 0.387 e. The molecule has 0 saturated carbocycles. The third-order valence-electron chi connectivity index (χ3n) is 4.85. The van der Waals surface area contributed by atoms with Gasteiger partial charge in [-0.1, -0.05) is 0 Å². The van der Waals surface area contributed by atoms with Crippen LogP contribution in [0.25, 0.3) is 16.9 Å². The standard InChI is InChI=1S/C20H20F2N4O3/c1-12-10-25(7-6-23-12)14-3-5-18-24-15(9-19(28)26(18)11-14)13-2-4-16(27)17(8-13)29-20(21)22/h2-5,8-9,11-12,20,23,27H,6-7,10H2,1H3. The Morgan fingerprint density at radius 3 is 2.86 bits per heavy atom. The molecule has 2 N–H and O–H groups in total. The summed E-state index contributed by atoms with van der Waals surface area (Å²) in [6.07, 6.45) is 1.76. The first-order valence-corrected chi connectivity index (χ1v) is 9.21. The van der Waals surface area contributed by atoms with Gasteiger partial charge in [0.15, 0.2) is 11.5 Å². The van der Waals surface area contributed by atoms with Crippen LogP contribution in [0, 0.1) is 0 Å². The number of nitrogens with zero attached hydrogens (tertiary/aromatic N) is 3. The first-order valence-electron chi connectivity index (χ1n) is 9.21. The van der Waals surface area contributed by atoms with E-state index in [0.29, 0.717) is 22.9 Å². The molecule has 2 aromatic heterocycles. The minimum Gasteiger partial charge on any atom is -0.504 e. The average molecular weight is 402 g/mol. The zero-order valence-corrected chi connectivity index (χ0v) is 15.7. The van der Waals surface area contributed by atoms with E-state index in [1.807, 2.05) is 6.07 Å². The normalized spacial score (nSPS) is 17.1. The molecular weight excluding hydrogens is 382 g/mol. The molecule has 1 atom stereocenters. The number of aromatic nitrogens is 2. The molecule has 4 rings (SSSR count). The van der Waals surface area contributed by atoms with Crippen LogP contribution >= 0.6 is 0 Å². The van der Waals surface area contributed by atoms with Gasteiger partial charge in [-0.05, 0) is 37.3 Å². The summed E-state index contributed by atoms with van der Waals surface area (Å²) in [5, 5.41) is 13.1. The Labute approximate surface area is 165 Å². The number of fused-ring (bicyclic) bond motifs is 1. The monoisotopic (exact) mass is 402 g/mol. The molecule has 1 saturated heterocycles. The number of aromatic hydroxyl groups is 1. The molecule has 0 amide bonds. The summed E-state index contributed by atoms with van der Waals surface area (Å²) in [7, 11) is 0. The van der Waals surface area contributed by atoms with Gasteiger partial charge in [0.1, 0.15) is 5.65 Å². The van der Waals surface area contributed by atoms with E-state index in [0.717, 1.165) is 25.3 Å². The lowest BCUT2D eigenvalue weighted by Crippen LogP contribution is -2.49. The average Bonchev–Trinajstić information content (AvgIpc) is 2.69. The number of piperazine rings is 1. The highest BCUT2D eigenvalue weighted by atomic mass is 19.3. The van der Waals surface area contributed by atoms with Crippen molar-refractivity contribution in [2.24, 2.45) is 0 Å². The molecule has 152 valence electrons. The quantitative estimate of drug-likeness (QED) is 0.698. The van der Waals surface area contributed by atoms with Gasteiger partial charge in [-0.25, -0.2) is 4.98 Å². The first-order chi connectivity index (χ1) is 13.9. The number of phenols is 1. The van der Waals surface area contributed by atoms with Crippen molar-refractivity contribution in [2.75, 3.05) is 24.5 Å². The number of pyridine rings is 1. The fourth-order valence-corrected chi connectivity index (χ4v) is 3.46. The highest BCUT2D eigenvalue weighted by molar-refractivity contribution is 5.66. The topological polar surface area (TPSA) is 79.1 Å². The number of ether oxygens (including phenoxy) is 1. The zero-order valence-electron chi connectivity index (χ0n) is 15.7. The SMILES string of the molecule is CC1CN(c2ccc3nc(-c4ccc(O)c(OC(F)F)c4)cc(=O)n3c2)CCN1. The number of nitrogens with one attached hydrogen (secondary N) is 1. The van der Waals surface area contributed by atoms with Gasteiger partial charge in [0.05, 0.1) is 11.4 Å². The Morgan fingerprint density at radius 2 is 2.10 bits per heavy atom. The molecule has 29 heavy (non-hydrogen) atoms. The van der Waals surface area contributed by atoms with Gasteiger partial charge >= 0.3 is 6.61 Å². The van der Waals surface area contributed by atoms with Gasteiger partial charge in [0.25, 0.3) is 5.56 Å². The lowest BCUT2D eigenvalue weighted by Gasteiger charge is -2.33. The van der Waals surface area contributed by atoms with Crippen molar-refractivity contribution in [1.29, 1.82) is 0 Å². The van der Waals surface area contributed by atoms with Crippen molar-refractivity contribution in [1.82, 2.24) is 14.7 Å². The second-order valence-electron chi connectivity index (χ2n) is 6.96. The summed E-state index contributed by atoms with van der Waals surface area (Å²) < 4.78 is 30.8. The largest absolute Gasteiger partial charge is 0.504 e. The van der Waals surface area contributed by atoms with Crippen LogP contribution in [0.2, 0.25) is 0 Å². The molecule has 9 heteroatoms. The maximum absolute atomic E-state index is 12.7. The highest BCUT2D eigenvalue weighted by Crippen LogP contribution is 2.32. The van der Waals surface area contributed by atoms with Crippen LogP contribution in [0.5, 0.6) is 11.5 Å². The van der Waals surface area contributed by atoms with E-state index in [9.17, 15) is 18.7 Å². The van der Waals surface area contributed by atoms with Crippen LogP contribution in [-0.2, 0) is 0 Å². The summed E-state index contributed by atoms with van der Waals surface area (Å²) in [5.74, 6) is -0.788. The number of hydrogen-bond acceptors (Lipinski definition) is 6. The van der Waals surface area contributed by atoms with Crippen LogP contribution in [0.1, 0.15) is 6.92 Å². The lowest BCUT2D eigenvalue weighted by molar-refractivity contribution is -0.0512. The van der Waals surface area contributed by atoms with Crippen molar-refractivity contribution in [3.8, 4) is 22.8 Å². The zero-order chi connectivity index (χ0) is 20.5. The Kier molecular flexibility index (Phi) is 5.06. The van der Waals surface area contributed by atoms with Crippen LogP contribution < -0.4 is 20.5 Å². The van der Waals surface area contributed by atoms with E-state index >= 15 is 0 Å². The maximum atomic E-state index is 12.7. The van der Waals surface area contributed by atoms with Crippen LogP contribution in [0.3, 0.4) is 0 Å². The summed E-state index contributed by atoms with van der Waals surface area (Å²) >= 11 is 0. The number of anilines is 1. The Morgan fingerprint density at radius 1 is 1.28 bits per heavy atom. The number of alkyl halides is 2. The van der Waals surface area contributed by atoms with Crippen molar-refractivity contribution < 1.29 is 18.6 Å². The molecule has 1 aromatic carbocycles. The van der Waals surface area contributed by atoms with Crippen LogP contribution in [-0.4, -0.2) is 46.8 Å². The molecule has 0 radical (unpaired) electrons. The van der Waals surface area contributed by atoms with Gasteiger partial charge in [-0.2, -0.15) is 8.78 Å². The number of benzene rings is 1. The van der Waals surface area contributed by atoms with Gasteiger partial charge in [-0.3, -0.25) is 9.20 Å². The van der Waals surface area contributed by atoms with E-state index in [1.54, 1.807) is 12.3 Å². The Hall–Kier alpha value is -3.20. The van der Waals surface area contributed by atoms with E-state index in [4.69, 9.17) is 0 Å². The van der Waals surface area contributed by atoms with Crippen LogP contribution in [0.4, 0.5) is 14.5 Å². The smallest absolute Gasteiger partial charge is 0.387 e. The molecule has 3 aromatic rings. The predicted octanol–water partition coefficient (Wildman–Crippen LogP) is 2.47. The minimum atomic E-state index is -3.07. The Bertz CT molecular complexity index is 1100.